The Morgan fingerprint density at radius 3 is 2.74 bits per heavy atom. The van der Waals surface area contributed by atoms with E-state index in [1.807, 2.05) is 0 Å². The molecule has 1 aliphatic rings. The van der Waals surface area contributed by atoms with Crippen molar-refractivity contribution in [2.75, 3.05) is 0 Å². The monoisotopic (exact) mass is 293 g/mol. The van der Waals surface area contributed by atoms with Crippen LogP contribution < -0.4 is 4.74 Å². The van der Waals surface area contributed by atoms with E-state index < -0.39 is 23.8 Å². The average molecular weight is 294 g/mol. The summed E-state index contributed by atoms with van der Waals surface area (Å²) < 4.78 is 50.7. The first kappa shape index (κ1) is 12.3. The highest BCUT2D eigenvalue weighted by atomic mass is 35.5. The van der Waals surface area contributed by atoms with E-state index in [0.717, 1.165) is 6.08 Å². The first-order valence-electron chi connectivity index (χ1n) is 5.74. The molecule has 1 aliphatic heterocycles. The minimum Gasteiger partial charge on any atom is -0.478 e. The molecule has 1 aromatic rings. The standard InChI is InChI=1S/C12H8ClF3O3/c1-5-2-7(13)3-6-4-8(11(17)18)10(12(14,15)16)19-9(5)6/h2-4,10H,1H3,(H,17,18)/i1D. The van der Waals surface area contributed by atoms with Crippen molar-refractivity contribution < 1.29 is 29.2 Å². The van der Waals surface area contributed by atoms with E-state index in [1.165, 1.54) is 12.1 Å². The van der Waals surface area contributed by atoms with Crippen LogP contribution in [-0.2, 0) is 4.79 Å². The normalized spacial score (nSPS) is 19.1. The Hall–Kier alpha value is -1.69. The molecule has 0 aliphatic carbocycles. The van der Waals surface area contributed by atoms with E-state index in [9.17, 15) is 18.0 Å². The third kappa shape index (κ3) is 2.53. The van der Waals surface area contributed by atoms with Gasteiger partial charge >= 0.3 is 12.1 Å². The van der Waals surface area contributed by atoms with Crippen LogP contribution >= 0.6 is 11.6 Å². The van der Waals surface area contributed by atoms with E-state index in [0.29, 0.717) is 0 Å². The number of fused-ring (bicyclic) bond motifs is 1. The third-order valence-electron chi connectivity index (χ3n) is 2.53. The number of alkyl halides is 3. The molecule has 1 heterocycles. The van der Waals surface area contributed by atoms with Gasteiger partial charge in [-0.15, -0.1) is 0 Å². The van der Waals surface area contributed by atoms with Gasteiger partial charge in [-0.25, -0.2) is 4.79 Å². The Morgan fingerprint density at radius 2 is 2.21 bits per heavy atom. The van der Waals surface area contributed by atoms with Gasteiger partial charge in [-0.3, -0.25) is 0 Å². The highest BCUT2D eigenvalue weighted by Crippen LogP contribution is 2.40. The van der Waals surface area contributed by atoms with Crippen LogP contribution in [0, 0.1) is 6.90 Å². The number of hydrogen-bond donors (Lipinski definition) is 1. The maximum atomic E-state index is 12.9. The first-order valence-corrected chi connectivity index (χ1v) is 5.41. The second-order valence-corrected chi connectivity index (χ2v) is 4.36. The molecular formula is C12H8ClF3O3. The molecular weight excluding hydrogens is 285 g/mol. The van der Waals surface area contributed by atoms with Crippen molar-refractivity contribution in [3.8, 4) is 5.75 Å². The summed E-state index contributed by atoms with van der Waals surface area (Å²) in [5, 5.41) is 9.07. The summed E-state index contributed by atoms with van der Waals surface area (Å²) in [5.74, 6) is -1.87. The Labute approximate surface area is 112 Å². The highest BCUT2D eigenvalue weighted by Gasteiger charge is 2.48. The summed E-state index contributed by atoms with van der Waals surface area (Å²) >= 11 is 5.78. The predicted octanol–water partition coefficient (Wildman–Crippen LogP) is 3.44. The topological polar surface area (TPSA) is 46.5 Å². The lowest BCUT2D eigenvalue weighted by Gasteiger charge is -2.28. The lowest BCUT2D eigenvalue weighted by Crippen LogP contribution is -2.40. The first-order chi connectivity index (χ1) is 9.24. The molecule has 0 radical (unpaired) electrons. The van der Waals surface area contributed by atoms with Crippen molar-refractivity contribution in [3.63, 3.8) is 0 Å². The molecule has 0 bridgehead atoms. The molecule has 0 saturated heterocycles. The van der Waals surface area contributed by atoms with Crippen LogP contribution in [0.1, 0.15) is 12.5 Å². The van der Waals surface area contributed by atoms with Gasteiger partial charge in [0.1, 0.15) is 5.75 Å². The van der Waals surface area contributed by atoms with Gasteiger partial charge in [0.05, 0.1) is 5.57 Å². The fraction of sp³-hybridized carbons (Fsp3) is 0.250. The number of benzene rings is 1. The summed E-state index contributed by atoms with van der Waals surface area (Å²) in [6.45, 7) is -0.330. The van der Waals surface area contributed by atoms with E-state index >= 15 is 0 Å². The molecule has 0 aromatic heterocycles. The maximum Gasteiger partial charge on any atom is 0.430 e. The van der Waals surface area contributed by atoms with Crippen LogP contribution in [-0.4, -0.2) is 23.4 Å². The van der Waals surface area contributed by atoms with E-state index in [2.05, 4.69) is 0 Å². The zero-order valence-corrected chi connectivity index (χ0v) is 10.0. The van der Waals surface area contributed by atoms with E-state index in [4.69, 9.17) is 22.8 Å². The number of aryl methyl sites for hydroxylation is 1. The second-order valence-electron chi connectivity index (χ2n) is 3.93. The predicted molar refractivity (Wildman–Crippen MR) is 62.3 cm³/mol. The lowest BCUT2D eigenvalue weighted by molar-refractivity contribution is -0.187. The van der Waals surface area contributed by atoms with Gasteiger partial charge in [0, 0.05) is 12.0 Å². The number of carboxylic acids is 1. The molecule has 102 valence electrons. The van der Waals surface area contributed by atoms with Crippen LogP contribution in [0.25, 0.3) is 6.08 Å². The minimum atomic E-state index is -4.86. The summed E-state index contributed by atoms with van der Waals surface area (Å²) in [7, 11) is 0. The van der Waals surface area contributed by atoms with Crippen LogP contribution in [0.15, 0.2) is 17.7 Å². The lowest BCUT2D eigenvalue weighted by atomic mass is 9.99. The number of aliphatic carboxylic acids is 1. The molecule has 0 amide bonds. The Balaban J connectivity index is 2.62. The fourth-order valence-electron chi connectivity index (χ4n) is 1.77. The molecule has 2 rings (SSSR count). The molecule has 3 nitrogen and oxygen atoms in total. The number of rotatable bonds is 1. The van der Waals surface area contributed by atoms with E-state index in [-0.39, 0.29) is 28.8 Å². The zero-order chi connectivity index (χ0) is 15.1. The highest BCUT2D eigenvalue weighted by molar-refractivity contribution is 6.30. The average Bonchev–Trinajstić information content (AvgIpc) is 2.34. The van der Waals surface area contributed by atoms with Crippen LogP contribution in [0.4, 0.5) is 13.2 Å². The largest absolute Gasteiger partial charge is 0.478 e. The summed E-state index contributed by atoms with van der Waals surface area (Å²) in [4.78, 5) is 10.9. The minimum absolute atomic E-state index is 0.123. The number of carbonyl (C=O) groups is 1. The SMILES string of the molecule is [2H]Cc1cc(Cl)cc2c1OC(C(F)(F)F)C(C(=O)O)=C2. The van der Waals surface area contributed by atoms with Gasteiger partial charge < -0.3 is 9.84 Å². The Bertz CT molecular complexity index is 598. The quantitative estimate of drug-likeness (QED) is 0.863. The number of halogens is 4. The molecule has 0 spiro atoms. The molecule has 1 unspecified atom stereocenters. The molecule has 7 heteroatoms. The summed E-state index contributed by atoms with van der Waals surface area (Å²) in [5.41, 5.74) is -0.622. The summed E-state index contributed by atoms with van der Waals surface area (Å²) in [6.07, 6.45) is -6.54. The molecule has 1 N–H and O–H groups in total. The van der Waals surface area contributed by atoms with Crippen molar-refractivity contribution in [2.45, 2.75) is 19.2 Å². The van der Waals surface area contributed by atoms with Crippen molar-refractivity contribution >= 4 is 23.6 Å². The number of carboxylic acid groups (broad SMARTS) is 1. The Kier molecular flexibility index (Phi) is 2.89. The van der Waals surface area contributed by atoms with Gasteiger partial charge in [0.25, 0.3) is 0 Å². The zero-order valence-electron chi connectivity index (χ0n) is 10.3. The molecule has 1 atom stereocenters. The third-order valence-corrected chi connectivity index (χ3v) is 2.75. The fourth-order valence-corrected chi connectivity index (χ4v) is 2.01. The van der Waals surface area contributed by atoms with Crippen molar-refractivity contribution in [1.82, 2.24) is 0 Å². The van der Waals surface area contributed by atoms with Gasteiger partial charge in [-0.05, 0) is 30.7 Å². The van der Waals surface area contributed by atoms with Gasteiger partial charge in [0.15, 0.2) is 0 Å². The van der Waals surface area contributed by atoms with Crippen molar-refractivity contribution in [1.29, 1.82) is 0 Å². The van der Waals surface area contributed by atoms with Crippen LogP contribution in [0.2, 0.25) is 5.02 Å². The summed E-state index contributed by atoms with van der Waals surface area (Å²) in [6, 6.07) is 2.62. The Morgan fingerprint density at radius 1 is 1.53 bits per heavy atom. The van der Waals surface area contributed by atoms with Gasteiger partial charge in [0.2, 0.25) is 6.10 Å². The number of ether oxygens (including phenoxy) is 1. The second kappa shape index (κ2) is 4.45. The molecule has 0 saturated carbocycles. The smallest absolute Gasteiger partial charge is 0.430 e. The van der Waals surface area contributed by atoms with Crippen LogP contribution in [0.3, 0.4) is 0 Å². The van der Waals surface area contributed by atoms with E-state index in [1.54, 1.807) is 0 Å². The molecule has 1 aromatic carbocycles. The maximum absolute atomic E-state index is 12.9. The molecule has 19 heavy (non-hydrogen) atoms. The van der Waals surface area contributed by atoms with Crippen LogP contribution in [0.5, 0.6) is 5.75 Å². The molecule has 0 fully saturated rings. The number of hydrogen-bond acceptors (Lipinski definition) is 2. The van der Waals surface area contributed by atoms with Crippen molar-refractivity contribution in [2.24, 2.45) is 0 Å². The van der Waals surface area contributed by atoms with Gasteiger partial charge in [-0.2, -0.15) is 13.2 Å². The van der Waals surface area contributed by atoms with Gasteiger partial charge in [-0.1, -0.05) is 11.6 Å². The van der Waals surface area contributed by atoms with Crippen molar-refractivity contribution in [3.05, 3.63) is 33.9 Å².